The van der Waals surface area contributed by atoms with Crippen LogP contribution < -0.4 is 5.32 Å². The summed E-state index contributed by atoms with van der Waals surface area (Å²) in [4.78, 5) is 23.6. The summed E-state index contributed by atoms with van der Waals surface area (Å²) < 4.78 is 0. The Balaban J connectivity index is 1.80. The largest absolute Gasteiger partial charge is 0.300 e. The Morgan fingerprint density at radius 1 is 1.24 bits per heavy atom. The molecule has 0 aliphatic rings. The molecule has 0 saturated carbocycles. The summed E-state index contributed by atoms with van der Waals surface area (Å²) in [5.41, 5.74) is 0.594. The fourth-order valence-corrected chi connectivity index (χ4v) is 3.06. The van der Waals surface area contributed by atoms with Gasteiger partial charge in [0, 0.05) is 12.0 Å². The number of nitrogens with zero attached hydrogens (tertiary/aromatic N) is 2. The standard InChI is InChI=1S/C14H15N3O2S2/c1-2-6-12-16-17-14(21-12)15-11(18)9-20-13(19)10-7-4-3-5-8-10/h3-5,7-8H,2,6,9H2,1H3,(H,15,17,18). The molecule has 1 heterocycles. The molecular weight excluding hydrogens is 306 g/mol. The number of benzene rings is 1. The Morgan fingerprint density at radius 2 is 2.00 bits per heavy atom. The van der Waals surface area contributed by atoms with E-state index in [1.54, 1.807) is 24.3 Å². The average Bonchev–Trinajstić information content (AvgIpc) is 2.93. The topological polar surface area (TPSA) is 72.0 Å². The number of amides is 1. The van der Waals surface area contributed by atoms with Crippen LogP contribution in [0, 0.1) is 0 Å². The lowest BCUT2D eigenvalue weighted by Gasteiger charge is -2.01. The van der Waals surface area contributed by atoms with E-state index in [9.17, 15) is 9.59 Å². The van der Waals surface area contributed by atoms with E-state index >= 15 is 0 Å². The third-order valence-electron chi connectivity index (χ3n) is 2.52. The zero-order chi connectivity index (χ0) is 15.1. The number of anilines is 1. The summed E-state index contributed by atoms with van der Waals surface area (Å²) in [5.74, 6) is -0.181. The van der Waals surface area contributed by atoms with Gasteiger partial charge in [0.2, 0.25) is 16.2 Å². The molecule has 0 atom stereocenters. The van der Waals surface area contributed by atoms with Gasteiger partial charge in [-0.15, -0.1) is 10.2 Å². The van der Waals surface area contributed by atoms with Crippen LogP contribution in [0.2, 0.25) is 0 Å². The normalized spacial score (nSPS) is 10.3. The lowest BCUT2D eigenvalue weighted by atomic mass is 10.2. The Labute approximate surface area is 131 Å². The van der Waals surface area contributed by atoms with Crippen LogP contribution in [0.3, 0.4) is 0 Å². The monoisotopic (exact) mass is 321 g/mol. The van der Waals surface area contributed by atoms with Crippen molar-refractivity contribution in [1.82, 2.24) is 10.2 Å². The molecule has 2 aromatic rings. The molecule has 0 spiro atoms. The molecule has 2 rings (SSSR count). The Kier molecular flexibility index (Phi) is 5.89. The summed E-state index contributed by atoms with van der Waals surface area (Å²) in [6.45, 7) is 2.06. The number of aryl methyl sites for hydroxylation is 1. The quantitative estimate of drug-likeness (QED) is 0.885. The predicted molar refractivity (Wildman–Crippen MR) is 85.8 cm³/mol. The maximum atomic E-state index is 11.8. The minimum atomic E-state index is -0.247. The van der Waals surface area contributed by atoms with Crippen LogP contribution in [0.4, 0.5) is 5.13 Å². The second kappa shape index (κ2) is 7.90. The van der Waals surface area contributed by atoms with E-state index in [0.29, 0.717) is 10.7 Å². The van der Waals surface area contributed by atoms with Crippen molar-refractivity contribution >= 4 is 39.3 Å². The number of hydrogen-bond donors (Lipinski definition) is 1. The van der Waals surface area contributed by atoms with Gasteiger partial charge in [0.25, 0.3) is 0 Å². The molecule has 0 aliphatic carbocycles. The molecular formula is C14H15N3O2S2. The highest BCUT2D eigenvalue weighted by atomic mass is 32.2. The van der Waals surface area contributed by atoms with E-state index in [4.69, 9.17) is 0 Å². The average molecular weight is 321 g/mol. The van der Waals surface area contributed by atoms with Crippen molar-refractivity contribution < 1.29 is 9.59 Å². The molecule has 0 radical (unpaired) electrons. The summed E-state index contributed by atoms with van der Waals surface area (Å²) in [6.07, 6.45) is 1.85. The Morgan fingerprint density at radius 3 is 2.71 bits per heavy atom. The zero-order valence-corrected chi connectivity index (χ0v) is 13.2. The van der Waals surface area contributed by atoms with Crippen LogP contribution >= 0.6 is 23.1 Å². The summed E-state index contributed by atoms with van der Waals surface area (Å²) in [5, 5.41) is 11.8. The number of thioether (sulfide) groups is 1. The first-order valence-electron chi connectivity index (χ1n) is 6.53. The smallest absolute Gasteiger partial charge is 0.236 e. The molecule has 0 bridgehead atoms. The van der Waals surface area contributed by atoms with E-state index in [1.807, 2.05) is 6.07 Å². The van der Waals surface area contributed by atoms with Gasteiger partial charge in [-0.2, -0.15) is 0 Å². The van der Waals surface area contributed by atoms with Crippen molar-refractivity contribution in [1.29, 1.82) is 0 Å². The van der Waals surface area contributed by atoms with Crippen molar-refractivity contribution in [3.8, 4) is 0 Å². The Hall–Kier alpha value is -1.73. The second-order valence-corrected chi connectivity index (χ2v) is 6.25. The summed E-state index contributed by atoms with van der Waals surface area (Å²) >= 11 is 2.35. The van der Waals surface area contributed by atoms with E-state index in [-0.39, 0.29) is 16.8 Å². The number of hydrogen-bond acceptors (Lipinski definition) is 6. The number of nitrogens with one attached hydrogen (secondary N) is 1. The van der Waals surface area contributed by atoms with E-state index in [1.165, 1.54) is 11.3 Å². The third-order valence-corrected chi connectivity index (χ3v) is 4.32. The molecule has 1 amide bonds. The first-order valence-corrected chi connectivity index (χ1v) is 8.33. The lowest BCUT2D eigenvalue weighted by molar-refractivity contribution is -0.113. The molecule has 1 aromatic carbocycles. The van der Waals surface area contributed by atoms with Crippen molar-refractivity contribution in [2.24, 2.45) is 0 Å². The van der Waals surface area contributed by atoms with Crippen LogP contribution in [0.1, 0.15) is 28.7 Å². The molecule has 1 N–H and O–H groups in total. The number of carbonyl (C=O) groups is 2. The van der Waals surface area contributed by atoms with Gasteiger partial charge in [-0.05, 0) is 6.42 Å². The maximum Gasteiger partial charge on any atom is 0.236 e. The van der Waals surface area contributed by atoms with Gasteiger partial charge in [0.05, 0.1) is 5.75 Å². The predicted octanol–water partition coefficient (Wildman–Crippen LogP) is 3.00. The number of carbonyl (C=O) groups excluding carboxylic acids is 2. The van der Waals surface area contributed by atoms with Crippen molar-refractivity contribution in [2.45, 2.75) is 19.8 Å². The van der Waals surface area contributed by atoms with Gasteiger partial charge >= 0.3 is 0 Å². The van der Waals surface area contributed by atoms with Gasteiger partial charge in [-0.3, -0.25) is 14.9 Å². The van der Waals surface area contributed by atoms with E-state index < -0.39 is 0 Å². The van der Waals surface area contributed by atoms with Crippen molar-refractivity contribution in [3.63, 3.8) is 0 Å². The van der Waals surface area contributed by atoms with Crippen LogP contribution in [0.15, 0.2) is 30.3 Å². The molecule has 5 nitrogen and oxygen atoms in total. The van der Waals surface area contributed by atoms with Crippen LogP contribution in [-0.2, 0) is 11.2 Å². The van der Waals surface area contributed by atoms with Gasteiger partial charge in [-0.25, -0.2) is 0 Å². The zero-order valence-electron chi connectivity index (χ0n) is 11.5. The second-order valence-electron chi connectivity index (χ2n) is 4.24. The molecule has 110 valence electrons. The van der Waals surface area contributed by atoms with Gasteiger partial charge in [0.1, 0.15) is 5.01 Å². The highest BCUT2D eigenvalue weighted by Crippen LogP contribution is 2.17. The van der Waals surface area contributed by atoms with Gasteiger partial charge < -0.3 is 0 Å². The fraction of sp³-hybridized carbons (Fsp3) is 0.286. The van der Waals surface area contributed by atoms with Crippen molar-refractivity contribution in [2.75, 3.05) is 11.1 Å². The van der Waals surface area contributed by atoms with Gasteiger partial charge in [0.15, 0.2) is 0 Å². The molecule has 0 aliphatic heterocycles. The fourth-order valence-electron chi connectivity index (χ4n) is 1.56. The number of rotatable bonds is 6. The molecule has 0 fully saturated rings. The Bertz CT molecular complexity index is 614. The third kappa shape index (κ3) is 4.95. The van der Waals surface area contributed by atoms with Crippen molar-refractivity contribution in [3.05, 3.63) is 40.9 Å². The maximum absolute atomic E-state index is 11.8. The van der Waals surface area contributed by atoms with Crippen LogP contribution in [-0.4, -0.2) is 27.0 Å². The first-order chi connectivity index (χ1) is 10.2. The summed E-state index contributed by atoms with van der Waals surface area (Å²) in [6, 6.07) is 8.90. The van der Waals surface area contributed by atoms with E-state index in [2.05, 4.69) is 22.4 Å². The molecule has 1 aromatic heterocycles. The van der Waals surface area contributed by atoms with E-state index in [0.717, 1.165) is 29.6 Å². The summed E-state index contributed by atoms with van der Waals surface area (Å²) in [7, 11) is 0. The van der Waals surface area contributed by atoms with Crippen LogP contribution in [0.25, 0.3) is 0 Å². The minimum Gasteiger partial charge on any atom is -0.300 e. The number of aromatic nitrogens is 2. The minimum absolute atomic E-state index is 0.0659. The SMILES string of the molecule is CCCc1nnc(NC(=O)CSC(=O)c2ccccc2)s1. The molecule has 21 heavy (non-hydrogen) atoms. The van der Waals surface area contributed by atoms with Crippen LogP contribution in [0.5, 0.6) is 0 Å². The molecule has 0 unspecified atom stereocenters. The van der Waals surface area contributed by atoms with Gasteiger partial charge in [-0.1, -0.05) is 60.4 Å². The molecule has 7 heteroatoms. The highest BCUT2D eigenvalue weighted by molar-refractivity contribution is 8.14. The lowest BCUT2D eigenvalue weighted by Crippen LogP contribution is -2.15. The molecule has 0 saturated heterocycles. The highest BCUT2D eigenvalue weighted by Gasteiger charge is 2.11. The first kappa shape index (κ1) is 15.7.